The van der Waals surface area contributed by atoms with Crippen LogP contribution in [0.5, 0.6) is 0 Å². The first-order valence-corrected chi connectivity index (χ1v) is 13.8. The molecule has 2 aromatic carbocycles. The van der Waals surface area contributed by atoms with Gasteiger partial charge in [-0.25, -0.2) is 14.6 Å². The molecule has 0 radical (unpaired) electrons. The molecule has 0 saturated carbocycles. The van der Waals surface area contributed by atoms with Crippen LogP contribution >= 0.6 is 0 Å². The number of esters is 2. The average molecular weight is 612 g/mol. The van der Waals surface area contributed by atoms with Gasteiger partial charge < -0.3 is 24.9 Å². The Morgan fingerprint density at radius 3 is 2.43 bits per heavy atom. The van der Waals surface area contributed by atoms with Crippen molar-refractivity contribution in [2.45, 2.75) is 44.8 Å². The highest BCUT2D eigenvalue weighted by atomic mass is 19.4. The molecule has 1 aromatic heterocycles. The van der Waals surface area contributed by atoms with Crippen molar-refractivity contribution in [3.8, 4) is 0 Å². The molecule has 44 heavy (non-hydrogen) atoms. The number of H-pyrrole nitrogens is 1. The van der Waals surface area contributed by atoms with Gasteiger partial charge in [0, 0.05) is 49.0 Å². The number of nitrogens with one attached hydrogen (secondary N) is 2. The van der Waals surface area contributed by atoms with Gasteiger partial charge in [-0.15, -0.1) is 0 Å². The van der Waals surface area contributed by atoms with Crippen LogP contribution in [0.3, 0.4) is 0 Å². The quantitative estimate of drug-likeness (QED) is 0.209. The lowest BCUT2D eigenvalue weighted by Gasteiger charge is -2.47. The predicted octanol–water partition coefficient (Wildman–Crippen LogP) is 5.26. The summed E-state index contributed by atoms with van der Waals surface area (Å²) in [4.78, 5) is 45.8. The van der Waals surface area contributed by atoms with E-state index in [0.717, 1.165) is 30.6 Å². The van der Waals surface area contributed by atoms with E-state index >= 15 is 0 Å². The van der Waals surface area contributed by atoms with Gasteiger partial charge in [0.2, 0.25) is 0 Å². The van der Waals surface area contributed by atoms with Gasteiger partial charge in [-0.3, -0.25) is 4.79 Å². The van der Waals surface area contributed by atoms with Crippen molar-refractivity contribution < 1.29 is 42.1 Å². The van der Waals surface area contributed by atoms with Crippen molar-refractivity contribution in [1.82, 2.24) is 15.3 Å². The maximum atomic E-state index is 14.2. The van der Waals surface area contributed by atoms with Crippen LogP contribution in [0, 0.1) is 5.41 Å². The number of ether oxygens (including phenoxy) is 2. The fourth-order valence-corrected chi connectivity index (χ4v) is 5.72. The second-order valence-corrected chi connectivity index (χ2v) is 10.5. The highest BCUT2D eigenvalue weighted by molar-refractivity contribution is 5.94. The molecule has 4 rings (SSSR count). The zero-order valence-electron chi connectivity index (χ0n) is 24.3. The van der Waals surface area contributed by atoms with Gasteiger partial charge in [0.15, 0.2) is 0 Å². The molecule has 1 aliphatic rings. The van der Waals surface area contributed by atoms with Crippen LogP contribution in [0.2, 0.25) is 0 Å². The van der Waals surface area contributed by atoms with Crippen LogP contribution in [0.4, 0.5) is 13.2 Å². The van der Waals surface area contributed by atoms with E-state index in [1.54, 1.807) is 12.4 Å². The number of carbonyl (C=O) groups excluding carboxylic acids is 2. The molecule has 0 bridgehead atoms. The third-order valence-electron chi connectivity index (χ3n) is 7.87. The lowest BCUT2D eigenvalue weighted by Crippen LogP contribution is -2.57. The first kappa shape index (κ1) is 32.1. The number of aliphatic carboxylic acids is 1. The Kier molecular flexibility index (Phi) is 9.61. The summed E-state index contributed by atoms with van der Waals surface area (Å²) in [5.41, 5.74) is -1.83. The number of alkyl halides is 3. The number of rotatable bonds is 10. The molecule has 3 N–H and O–H groups in total. The summed E-state index contributed by atoms with van der Waals surface area (Å²) in [7, 11) is 1.07. The van der Waals surface area contributed by atoms with Crippen molar-refractivity contribution in [2.24, 2.45) is 5.41 Å². The van der Waals surface area contributed by atoms with Gasteiger partial charge in [-0.1, -0.05) is 42.5 Å². The molecular formula is C32H32F3N3O6. The number of hydrogen-bond acceptors (Lipinski definition) is 7. The fraction of sp³-hybridized carbons (Fsp3) is 0.312. The minimum Gasteiger partial charge on any atom is -0.481 e. The van der Waals surface area contributed by atoms with Gasteiger partial charge in [0.1, 0.15) is 11.2 Å². The molecule has 0 aliphatic carbocycles. The average Bonchev–Trinajstić information content (AvgIpc) is 3.49. The van der Waals surface area contributed by atoms with Gasteiger partial charge >= 0.3 is 24.1 Å². The summed E-state index contributed by atoms with van der Waals surface area (Å²) in [5, 5.41) is 13.5. The van der Waals surface area contributed by atoms with Crippen LogP contribution < -0.4 is 5.32 Å². The number of imidazole rings is 1. The Bertz CT molecular complexity index is 1560. The Labute approximate surface area is 251 Å². The number of carboxylic acid groups (broad SMARTS) is 1. The predicted molar refractivity (Wildman–Crippen MR) is 154 cm³/mol. The summed E-state index contributed by atoms with van der Waals surface area (Å²) in [6.07, 6.45) is 1.48. The van der Waals surface area contributed by atoms with Crippen molar-refractivity contribution in [2.75, 3.05) is 13.7 Å². The van der Waals surface area contributed by atoms with E-state index < -0.39 is 65.6 Å². The van der Waals surface area contributed by atoms with Crippen molar-refractivity contribution in [3.05, 3.63) is 106 Å². The molecular weight excluding hydrogens is 579 g/mol. The van der Waals surface area contributed by atoms with Crippen LogP contribution in [-0.4, -0.2) is 52.7 Å². The van der Waals surface area contributed by atoms with Crippen LogP contribution in [0.15, 0.2) is 78.3 Å². The van der Waals surface area contributed by atoms with E-state index in [1.807, 2.05) is 24.3 Å². The fourth-order valence-electron chi connectivity index (χ4n) is 5.72. The SMILES string of the molecule is COC(=O)C1=C(C)NC(C)C(CCOC(=O)C=Cc2ccc(Cc3ncc[nH]3)cc2)(C(=O)O)C1c1ccccc1C(F)(F)F. The second-order valence-electron chi connectivity index (χ2n) is 10.5. The maximum Gasteiger partial charge on any atom is 0.416 e. The summed E-state index contributed by atoms with van der Waals surface area (Å²) in [6.45, 7) is 2.54. The van der Waals surface area contributed by atoms with Crippen LogP contribution in [0.25, 0.3) is 6.08 Å². The van der Waals surface area contributed by atoms with E-state index in [9.17, 15) is 32.7 Å². The number of aromatic amines is 1. The number of hydrogen-bond donors (Lipinski definition) is 3. The first-order valence-electron chi connectivity index (χ1n) is 13.8. The summed E-state index contributed by atoms with van der Waals surface area (Å²) >= 11 is 0. The minimum absolute atomic E-state index is 0.193. The Hall–Kier alpha value is -4.87. The van der Waals surface area contributed by atoms with E-state index in [-0.39, 0.29) is 11.3 Å². The van der Waals surface area contributed by atoms with E-state index in [1.165, 1.54) is 38.1 Å². The van der Waals surface area contributed by atoms with Crippen LogP contribution in [0.1, 0.15) is 54.3 Å². The number of allylic oxidation sites excluding steroid dienone is 1. The third kappa shape index (κ3) is 6.69. The molecule has 232 valence electrons. The molecule has 0 amide bonds. The van der Waals surface area contributed by atoms with Gasteiger partial charge in [0.25, 0.3) is 0 Å². The van der Waals surface area contributed by atoms with Crippen molar-refractivity contribution in [3.63, 3.8) is 0 Å². The van der Waals surface area contributed by atoms with Gasteiger partial charge in [0.05, 0.1) is 24.9 Å². The number of halogens is 3. The van der Waals surface area contributed by atoms with E-state index in [2.05, 4.69) is 15.3 Å². The summed E-state index contributed by atoms with van der Waals surface area (Å²) in [6, 6.07) is 11.0. The van der Waals surface area contributed by atoms with Crippen molar-refractivity contribution in [1.29, 1.82) is 0 Å². The molecule has 3 aromatic rings. The largest absolute Gasteiger partial charge is 0.481 e. The molecule has 1 aliphatic heterocycles. The summed E-state index contributed by atoms with van der Waals surface area (Å²) < 4.78 is 52.7. The molecule has 0 spiro atoms. The standard InChI is InChI=1S/C32H32F3N3O6/c1-19-27(29(40)43-3)28(23-6-4-5-7-24(23)32(33,34)35)31(30(41)42,20(2)38-19)14-17-44-26(39)13-12-21-8-10-22(11-9-21)18-25-36-15-16-37-25/h4-13,15-16,20,28,38H,14,17-18H2,1-3H3,(H,36,37)(H,41,42). The molecule has 0 fully saturated rings. The van der Waals surface area contributed by atoms with E-state index in [0.29, 0.717) is 12.0 Å². The molecule has 0 saturated heterocycles. The Morgan fingerprint density at radius 2 is 1.82 bits per heavy atom. The van der Waals surface area contributed by atoms with Gasteiger partial charge in [-0.05, 0) is 42.7 Å². The lowest BCUT2D eigenvalue weighted by molar-refractivity contribution is -0.157. The molecule has 12 heteroatoms. The molecule has 3 atom stereocenters. The van der Waals surface area contributed by atoms with Crippen molar-refractivity contribution >= 4 is 24.0 Å². The number of methoxy groups -OCH3 is 1. The topological polar surface area (TPSA) is 131 Å². The molecule has 9 nitrogen and oxygen atoms in total. The van der Waals surface area contributed by atoms with Gasteiger partial charge in [-0.2, -0.15) is 13.2 Å². The number of nitrogens with zero attached hydrogens (tertiary/aromatic N) is 1. The zero-order valence-corrected chi connectivity index (χ0v) is 24.3. The normalized spacial score (nSPS) is 20.3. The number of carboxylic acids is 1. The number of carbonyl (C=O) groups is 3. The molecule has 2 heterocycles. The minimum atomic E-state index is -4.84. The smallest absolute Gasteiger partial charge is 0.416 e. The zero-order chi connectivity index (χ0) is 32.1. The third-order valence-corrected chi connectivity index (χ3v) is 7.87. The Balaban J connectivity index is 1.58. The first-order chi connectivity index (χ1) is 20.9. The van der Waals surface area contributed by atoms with Crippen LogP contribution in [-0.2, 0) is 36.5 Å². The molecule has 3 unspecified atom stereocenters. The maximum absolute atomic E-state index is 14.2. The Morgan fingerprint density at radius 1 is 1.11 bits per heavy atom. The summed E-state index contributed by atoms with van der Waals surface area (Å²) in [5.74, 6) is -3.96. The monoisotopic (exact) mass is 611 g/mol. The highest BCUT2D eigenvalue weighted by Crippen LogP contribution is 2.53. The number of aromatic nitrogens is 2. The second kappa shape index (κ2) is 13.2. The van der Waals surface area contributed by atoms with E-state index in [4.69, 9.17) is 9.47 Å². The number of benzene rings is 2. The highest BCUT2D eigenvalue weighted by Gasteiger charge is 2.58. The lowest BCUT2D eigenvalue weighted by atomic mass is 9.60.